The lowest BCUT2D eigenvalue weighted by Gasteiger charge is -2.16. The zero-order chi connectivity index (χ0) is 21.3. The van der Waals surface area contributed by atoms with Crippen molar-refractivity contribution >= 4 is 11.9 Å². The third-order valence-electron chi connectivity index (χ3n) is 5.05. The molecule has 1 amide bonds. The average molecular weight is 409 g/mol. The molecule has 0 heterocycles. The minimum Gasteiger partial charge on any atom is -0.493 e. The topological polar surface area (TPSA) is 74.8 Å². The lowest BCUT2D eigenvalue weighted by molar-refractivity contribution is 0.0955. The van der Waals surface area contributed by atoms with Gasteiger partial charge in [0.15, 0.2) is 5.96 Å². The van der Waals surface area contributed by atoms with Crippen LogP contribution in [0.15, 0.2) is 47.5 Å². The van der Waals surface area contributed by atoms with Gasteiger partial charge in [-0.15, -0.1) is 0 Å². The van der Waals surface area contributed by atoms with E-state index in [4.69, 9.17) is 4.74 Å². The van der Waals surface area contributed by atoms with Gasteiger partial charge in [-0.1, -0.05) is 24.3 Å². The summed E-state index contributed by atoms with van der Waals surface area (Å²) in [6.45, 7) is 6.60. The molecule has 6 heteroatoms. The number of nitrogens with zero attached hydrogens (tertiary/aromatic N) is 1. The van der Waals surface area contributed by atoms with E-state index < -0.39 is 0 Å². The van der Waals surface area contributed by atoms with Crippen molar-refractivity contribution in [3.63, 3.8) is 0 Å². The summed E-state index contributed by atoms with van der Waals surface area (Å²) in [5, 5.41) is 9.49. The van der Waals surface area contributed by atoms with Crippen LogP contribution < -0.4 is 20.7 Å². The van der Waals surface area contributed by atoms with Crippen molar-refractivity contribution in [3.05, 3.63) is 64.7 Å². The lowest BCUT2D eigenvalue weighted by Crippen LogP contribution is -2.36. The summed E-state index contributed by atoms with van der Waals surface area (Å²) in [4.78, 5) is 16.3. The molecule has 1 aliphatic rings. The second-order valence-corrected chi connectivity index (χ2v) is 7.70. The Kier molecular flexibility index (Phi) is 7.71. The maximum absolute atomic E-state index is 12.0. The van der Waals surface area contributed by atoms with Crippen LogP contribution in [0.1, 0.15) is 46.8 Å². The summed E-state index contributed by atoms with van der Waals surface area (Å²) in [6, 6.07) is 13.9. The van der Waals surface area contributed by atoms with Crippen LogP contribution in [-0.4, -0.2) is 32.1 Å². The molecule has 3 rings (SSSR count). The molecule has 1 saturated carbocycles. The number of hydrogen-bond donors (Lipinski definition) is 3. The average Bonchev–Trinajstić information content (AvgIpc) is 3.58. The first-order valence-electron chi connectivity index (χ1n) is 10.6. The monoisotopic (exact) mass is 408 g/mol. The smallest absolute Gasteiger partial charge is 0.251 e. The van der Waals surface area contributed by atoms with Gasteiger partial charge >= 0.3 is 0 Å². The minimum atomic E-state index is -0.0556. The molecule has 0 spiro atoms. The van der Waals surface area contributed by atoms with Crippen LogP contribution in [0.2, 0.25) is 0 Å². The molecule has 0 atom stereocenters. The van der Waals surface area contributed by atoms with Gasteiger partial charge in [-0.3, -0.25) is 9.79 Å². The molecule has 0 bridgehead atoms. The molecular formula is C24H32N4O2. The minimum absolute atomic E-state index is 0.0556. The molecule has 160 valence electrons. The number of carbonyl (C=O) groups excluding carboxylic acids is 1. The first kappa shape index (κ1) is 21.7. The summed E-state index contributed by atoms with van der Waals surface area (Å²) in [5.41, 5.74) is 3.99. The summed E-state index contributed by atoms with van der Waals surface area (Å²) in [5.74, 6) is 2.31. The van der Waals surface area contributed by atoms with E-state index in [0.29, 0.717) is 31.2 Å². The first-order valence-corrected chi connectivity index (χ1v) is 10.6. The van der Waals surface area contributed by atoms with Gasteiger partial charge in [-0.05, 0) is 61.9 Å². The van der Waals surface area contributed by atoms with Gasteiger partial charge in [0.25, 0.3) is 5.91 Å². The van der Waals surface area contributed by atoms with Gasteiger partial charge in [-0.25, -0.2) is 0 Å². The zero-order valence-electron chi connectivity index (χ0n) is 18.1. The van der Waals surface area contributed by atoms with Crippen LogP contribution >= 0.6 is 0 Å². The molecule has 6 nitrogen and oxygen atoms in total. The van der Waals surface area contributed by atoms with Crippen molar-refractivity contribution < 1.29 is 9.53 Å². The van der Waals surface area contributed by atoms with Crippen molar-refractivity contribution in [2.24, 2.45) is 10.9 Å². The lowest BCUT2D eigenvalue weighted by atomic mass is 10.1. The fourth-order valence-corrected chi connectivity index (χ4v) is 3.10. The largest absolute Gasteiger partial charge is 0.493 e. The van der Waals surface area contributed by atoms with Crippen molar-refractivity contribution in [2.75, 3.05) is 20.2 Å². The van der Waals surface area contributed by atoms with Crippen molar-refractivity contribution in [1.29, 1.82) is 0 Å². The van der Waals surface area contributed by atoms with Crippen LogP contribution in [0.25, 0.3) is 0 Å². The predicted octanol–water partition coefficient (Wildman–Crippen LogP) is 3.40. The fourth-order valence-electron chi connectivity index (χ4n) is 3.10. The molecular weight excluding hydrogens is 376 g/mol. The Morgan fingerprint density at radius 3 is 2.63 bits per heavy atom. The SMILES string of the molecule is CCNC(=O)c1cccc(CNC(=NC)NCc2ccc(C)cc2OCC2CC2)c1. The first-order chi connectivity index (χ1) is 14.6. The Hall–Kier alpha value is -3.02. The van der Waals surface area contributed by atoms with Crippen molar-refractivity contribution in [1.82, 2.24) is 16.0 Å². The quantitative estimate of drug-likeness (QED) is 0.439. The highest BCUT2D eigenvalue weighted by Gasteiger charge is 2.22. The molecule has 2 aromatic rings. The van der Waals surface area contributed by atoms with Crippen LogP contribution in [0.3, 0.4) is 0 Å². The van der Waals surface area contributed by atoms with E-state index in [1.807, 2.05) is 31.2 Å². The number of rotatable bonds is 9. The predicted molar refractivity (Wildman–Crippen MR) is 121 cm³/mol. The summed E-state index contributed by atoms with van der Waals surface area (Å²) in [6.07, 6.45) is 2.55. The number of aryl methyl sites for hydroxylation is 1. The summed E-state index contributed by atoms with van der Waals surface area (Å²) >= 11 is 0. The highest BCUT2D eigenvalue weighted by atomic mass is 16.5. The Morgan fingerprint density at radius 2 is 1.90 bits per heavy atom. The number of carbonyl (C=O) groups is 1. The molecule has 0 unspecified atom stereocenters. The van der Waals surface area contributed by atoms with E-state index in [0.717, 1.165) is 29.4 Å². The van der Waals surface area contributed by atoms with E-state index >= 15 is 0 Å². The zero-order valence-corrected chi connectivity index (χ0v) is 18.1. The molecule has 1 fully saturated rings. The number of ether oxygens (including phenoxy) is 1. The van der Waals surface area contributed by atoms with Gasteiger partial charge in [0, 0.05) is 37.8 Å². The maximum Gasteiger partial charge on any atom is 0.251 e. The number of hydrogen-bond acceptors (Lipinski definition) is 3. The Morgan fingerprint density at radius 1 is 1.10 bits per heavy atom. The normalized spacial score (nSPS) is 13.6. The van der Waals surface area contributed by atoms with Gasteiger partial charge in [0.1, 0.15) is 5.75 Å². The van der Waals surface area contributed by atoms with E-state index in [9.17, 15) is 4.79 Å². The van der Waals surface area contributed by atoms with E-state index in [2.05, 4.69) is 46.1 Å². The highest BCUT2D eigenvalue weighted by Crippen LogP contribution is 2.30. The Balaban J connectivity index is 1.55. The summed E-state index contributed by atoms with van der Waals surface area (Å²) in [7, 11) is 1.75. The highest BCUT2D eigenvalue weighted by molar-refractivity contribution is 5.94. The Labute approximate surface area is 179 Å². The molecule has 0 aliphatic heterocycles. The molecule has 30 heavy (non-hydrogen) atoms. The van der Waals surface area contributed by atoms with E-state index in [-0.39, 0.29) is 5.91 Å². The van der Waals surface area contributed by atoms with E-state index in [1.165, 1.54) is 18.4 Å². The third-order valence-corrected chi connectivity index (χ3v) is 5.05. The molecule has 2 aromatic carbocycles. The van der Waals surface area contributed by atoms with Crippen LogP contribution in [0, 0.1) is 12.8 Å². The van der Waals surface area contributed by atoms with E-state index in [1.54, 1.807) is 7.05 Å². The summed E-state index contributed by atoms with van der Waals surface area (Å²) < 4.78 is 6.05. The second kappa shape index (κ2) is 10.7. The second-order valence-electron chi connectivity index (χ2n) is 7.70. The van der Waals surface area contributed by atoms with Gasteiger partial charge in [0.05, 0.1) is 6.61 Å². The van der Waals surface area contributed by atoms with Gasteiger partial charge in [0.2, 0.25) is 0 Å². The molecule has 3 N–H and O–H groups in total. The maximum atomic E-state index is 12.0. The number of amides is 1. The molecule has 0 aromatic heterocycles. The van der Waals surface area contributed by atoms with Crippen LogP contribution in [0.5, 0.6) is 5.75 Å². The fraction of sp³-hybridized carbons (Fsp3) is 0.417. The number of guanidine groups is 1. The number of nitrogens with one attached hydrogen (secondary N) is 3. The third kappa shape index (κ3) is 6.51. The van der Waals surface area contributed by atoms with Crippen LogP contribution in [0.4, 0.5) is 0 Å². The number of benzene rings is 2. The Bertz CT molecular complexity index is 891. The van der Waals surface area contributed by atoms with Crippen LogP contribution in [-0.2, 0) is 13.1 Å². The van der Waals surface area contributed by atoms with Gasteiger partial charge < -0.3 is 20.7 Å². The molecule has 0 saturated heterocycles. The standard InChI is InChI=1S/C24H32N4O2/c1-4-26-23(29)20-7-5-6-19(13-20)14-27-24(25-3)28-15-21-11-8-17(2)12-22(21)30-16-18-9-10-18/h5-8,11-13,18H,4,9-10,14-16H2,1-3H3,(H,26,29)(H2,25,27,28). The number of aliphatic imine (C=N–C) groups is 1. The van der Waals surface area contributed by atoms with Gasteiger partial charge in [-0.2, -0.15) is 0 Å². The van der Waals surface area contributed by atoms with Crippen molar-refractivity contribution in [2.45, 2.75) is 39.8 Å². The van der Waals surface area contributed by atoms with Crippen molar-refractivity contribution in [3.8, 4) is 5.75 Å². The molecule has 0 radical (unpaired) electrons. The molecule has 1 aliphatic carbocycles.